The average Bonchev–Trinajstić information content (AvgIpc) is 2.97. The number of amides is 1. The number of aryl methyl sites for hydroxylation is 1. The van der Waals surface area contributed by atoms with Crippen LogP contribution in [-0.2, 0) is 14.8 Å². The summed E-state index contributed by atoms with van der Waals surface area (Å²) in [7, 11) is -3.50. The quantitative estimate of drug-likeness (QED) is 0.699. The first-order chi connectivity index (χ1) is 12.7. The highest BCUT2D eigenvalue weighted by Gasteiger charge is 2.45. The van der Waals surface area contributed by atoms with Gasteiger partial charge in [-0.3, -0.25) is 15.6 Å². The number of nitrogens with zero attached hydrogens (tertiary/aromatic N) is 1. The second kappa shape index (κ2) is 8.05. The zero-order valence-electron chi connectivity index (χ0n) is 15.8. The minimum atomic E-state index is -3.50. The van der Waals surface area contributed by atoms with Gasteiger partial charge in [0.15, 0.2) is 0 Å². The Balaban J connectivity index is 1.70. The SMILES string of the molecule is Cc1ccc(NC(=O)C2CCCN(S(=O)(=O)C3C(C)NNC3C)C2)cc1Cl. The summed E-state index contributed by atoms with van der Waals surface area (Å²) < 4.78 is 27.7. The molecule has 150 valence electrons. The van der Waals surface area contributed by atoms with Crippen LogP contribution in [0.3, 0.4) is 0 Å². The summed E-state index contributed by atoms with van der Waals surface area (Å²) in [4.78, 5) is 12.7. The lowest BCUT2D eigenvalue weighted by Gasteiger charge is -2.34. The van der Waals surface area contributed by atoms with Gasteiger partial charge in [-0.05, 0) is 51.3 Å². The lowest BCUT2D eigenvalue weighted by Crippen LogP contribution is -2.51. The van der Waals surface area contributed by atoms with Gasteiger partial charge in [-0.25, -0.2) is 12.7 Å². The number of hydrogen-bond donors (Lipinski definition) is 3. The van der Waals surface area contributed by atoms with Crippen molar-refractivity contribution in [2.45, 2.75) is 50.9 Å². The highest BCUT2D eigenvalue weighted by atomic mass is 35.5. The number of carbonyl (C=O) groups excluding carboxylic acids is 1. The van der Waals surface area contributed by atoms with E-state index in [9.17, 15) is 13.2 Å². The Hall–Kier alpha value is -1.19. The minimum absolute atomic E-state index is 0.168. The highest BCUT2D eigenvalue weighted by molar-refractivity contribution is 7.89. The molecule has 2 aliphatic heterocycles. The first-order valence-electron chi connectivity index (χ1n) is 9.27. The van der Waals surface area contributed by atoms with Gasteiger partial charge in [-0.2, -0.15) is 0 Å². The van der Waals surface area contributed by atoms with Gasteiger partial charge in [0.2, 0.25) is 15.9 Å². The van der Waals surface area contributed by atoms with Crippen LogP contribution in [0.2, 0.25) is 5.02 Å². The second-order valence-corrected chi connectivity index (χ2v) is 10.0. The molecule has 1 aromatic carbocycles. The van der Waals surface area contributed by atoms with E-state index in [4.69, 9.17) is 11.6 Å². The molecule has 2 fully saturated rings. The Labute approximate surface area is 165 Å². The second-order valence-electron chi connectivity index (χ2n) is 7.53. The third-order valence-corrected chi connectivity index (χ3v) is 8.39. The molecule has 2 aliphatic rings. The topological polar surface area (TPSA) is 90.5 Å². The minimum Gasteiger partial charge on any atom is -0.326 e. The summed E-state index contributed by atoms with van der Waals surface area (Å²) in [5.74, 6) is -0.542. The van der Waals surface area contributed by atoms with Crippen molar-refractivity contribution in [3.05, 3.63) is 28.8 Å². The zero-order chi connectivity index (χ0) is 19.8. The van der Waals surface area contributed by atoms with Crippen molar-refractivity contribution in [3.63, 3.8) is 0 Å². The number of piperidine rings is 1. The van der Waals surface area contributed by atoms with Gasteiger partial charge in [0.1, 0.15) is 5.25 Å². The number of hydrogen-bond acceptors (Lipinski definition) is 5. The third kappa shape index (κ3) is 4.30. The van der Waals surface area contributed by atoms with Crippen molar-refractivity contribution in [1.82, 2.24) is 15.2 Å². The predicted octanol–water partition coefficient (Wildman–Crippen LogP) is 1.88. The number of nitrogens with one attached hydrogen (secondary N) is 3. The van der Waals surface area contributed by atoms with Gasteiger partial charge >= 0.3 is 0 Å². The van der Waals surface area contributed by atoms with Crippen LogP contribution in [0.15, 0.2) is 18.2 Å². The standard InChI is InChI=1S/C18H27ClN4O3S/c1-11-6-7-15(9-16(11)19)20-18(24)14-5-4-8-23(10-14)27(25,26)17-12(2)21-22-13(17)3/h6-7,9,12-14,17,21-22H,4-5,8,10H2,1-3H3,(H,20,24). The molecular formula is C18H27ClN4O3S. The molecule has 1 amide bonds. The molecule has 0 bridgehead atoms. The maximum atomic E-state index is 13.1. The molecule has 3 rings (SSSR count). The molecule has 2 saturated heterocycles. The van der Waals surface area contributed by atoms with Crippen molar-refractivity contribution in [2.75, 3.05) is 18.4 Å². The van der Waals surface area contributed by atoms with Gasteiger partial charge in [0.25, 0.3) is 0 Å². The van der Waals surface area contributed by atoms with E-state index < -0.39 is 15.3 Å². The molecule has 1 aromatic rings. The van der Waals surface area contributed by atoms with E-state index >= 15 is 0 Å². The van der Waals surface area contributed by atoms with Gasteiger partial charge < -0.3 is 5.32 Å². The first-order valence-corrected chi connectivity index (χ1v) is 11.2. The molecular weight excluding hydrogens is 388 g/mol. The van der Waals surface area contributed by atoms with Crippen molar-refractivity contribution < 1.29 is 13.2 Å². The molecule has 3 N–H and O–H groups in total. The zero-order valence-corrected chi connectivity index (χ0v) is 17.4. The fourth-order valence-corrected chi connectivity index (χ4v) is 6.31. The number of carbonyl (C=O) groups is 1. The van der Waals surface area contributed by atoms with E-state index in [-0.39, 0.29) is 30.5 Å². The van der Waals surface area contributed by atoms with E-state index in [1.807, 2.05) is 26.8 Å². The number of halogens is 1. The van der Waals surface area contributed by atoms with Crippen LogP contribution in [0.25, 0.3) is 0 Å². The smallest absolute Gasteiger partial charge is 0.228 e. The van der Waals surface area contributed by atoms with Crippen LogP contribution in [0.1, 0.15) is 32.3 Å². The third-order valence-electron chi connectivity index (χ3n) is 5.42. The molecule has 3 unspecified atom stereocenters. The van der Waals surface area contributed by atoms with E-state index in [2.05, 4.69) is 16.2 Å². The normalized spacial score (nSPS) is 29.6. The predicted molar refractivity (Wildman–Crippen MR) is 107 cm³/mol. The van der Waals surface area contributed by atoms with Crippen LogP contribution in [0.4, 0.5) is 5.69 Å². The molecule has 0 spiro atoms. The van der Waals surface area contributed by atoms with E-state index in [1.165, 1.54) is 4.31 Å². The highest BCUT2D eigenvalue weighted by Crippen LogP contribution is 2.27. The number of hydrazine groups is 1. The Morgan fingerprint density at radius 1 is 1.26 bits per heavy atom. The van der Waals surface area contributed by atoms with Crippen LogP contribution in [-0.4, -0.2) is 49.1 Å². The summed E-state index contributed by atoms with van der Waals surface area (Å²) >= 11 is 6.12. The fourth-order valence-electron chi connectivity index (χ4n) is 3.85. The molecule has 9 heteroatoms. The maximum absolute atomic E-state index is 13.1. The summed E-state index contributed by atoms with van der Waals surface area (Å²) in [5, 5.41) is 2.91. The van der Waals surface area contributed by atoms with Gasteiger partial charge in [0, 0.05) is 35.9 Å². The Morgan fingerprint density at radius 3 is 2.56 bits per heavy atom. The number of anilines is 1. The molecule has 0 aliphatic carbocycles. The first kappa shape index (κ1) is 20.5. The molecule has 3 atom stereocenters. The lowest BCUT2D eigenvalue weighted by molar-refractivity contribution is -0.120. The van der Waals surface area contributed by atoms with Gasteiger partial charge in [0.05, 0.1) is 5.92 Å². The fraction of sp³-hybridized carbons (Fsp3) is 0.611. The number of rotatable bonds is 4. The van der Waals surface area contributed by atoms with Crippen molar-refractivity contribution in [2.24, 2.45) is 5.92 Å². The Bertz CT molecular complexity index is 807. The van der Waals surface area contributed by atoms with Crippen molar-refractivity contribution >= 4 is 33.2 Å². The van der Waals surface area contributed by atoms with Crippen LogP contribution in [0, 0.1) is 12.8 Å². The van der Waals surface area contributed by atoms with E-state index in [0.717, 1.165) is 5.56 Å². The average molecular weight is 415 g/mol. The van der Waals surface area contributed by atoms with Gasteiger partial charge in [-0.15, -0.1) is 0 Å². The Morgan fingerprint density at radius 2 is 1.93 bits per heavy atom. The van der Waals surface area contributed by atoms with Crippen LogP contribution >= 0.6 is 11.6 Å². The molecule has 0 radical (unpaired) electrons. The lowest BCUT2D eigenvalue weighted by atomic mass is 9.98. The van der Waals surface area contributed by atoms with Crippen molar-refractivity contribution in [3.8, 4) is 0 Å². The summed E-state index contributed by atoms with van der Waals surface area (Å²) in [6.45, 7) is 6.27. The summed E-state index contributed by atoms with van der Waals surface area (Å²) in [6.07, 6.45) is 1.34. The van der Waals surface area contributed by atoms with Gasteiger partial charge in [-0.1, -0.05) is 17.7 Å². The molecule has 2 heterocycles. The molecule has 7 nitrogen and oxygen atoms in total. The van der Waals surface area contributed by atoms with Crippen molar-refractivity contribution in [1.29, 1.82) is 0 Å². The monoisotopic (exact) mass is 414 g/mol. The van der Waals surface area contributed by atoms with E-state index in [1.54, 1.807) is 12.1 Å². The molecule has 0 aromatic heterocycles. The Kier molecular flexibility index (Phi) is 6.12. The summed E-state index contributed by atoms with van der Waals surface area (Å²) in [5.41, 5.74) is 7.55. The van der Waals surface area contributed by atoms with Crippen LogP contribution < -0.4 is 16.2 Å². The number of benzene rings is 1. The number of sulfonamides is 1. The van der Waals surface area contributed by atoms with Crippen LogP contribution in [0.5, 0.6) is 0 Å². The molecule has 0 saturated carbocycles. The largest absolute Gasteiger partial charge is 0.326 e. The summed E-state index contributed by atoms with van der Waals surface area (Å²) in [6, 6.07) is 4.99. The van der Waals surface area contributed by atoms with E-state index in [0.29, 0.717) is 30.1 Å². The maximum Gasteiger partial charge on any atom is 0.228 e. The molecule has 27 heavy (non-hydrogen) atoms.